The molecule has 2 aromatic carbocycles. The molecule has 33 heavy (non-hydrogen) atoms. The SMILES string of the molecule is CCCCCCCCCCCCCCCOc1ccc(-c2ccc(C3N=NN=N3)cc2)cc1. The molecule has 3 rings (SSSR count). The first-order chi connectivity index (χ1) is 16.4. The number of hydrogen-bond donors (Lipinski definition) is 0. The van der Waals surface area contributed by atoms with Gasteiger partial charge in [-0.3, -0.25) is 0 Å². The van der Waals surface area contributed by atoms with E-state index in [4.69, 9.17) is 4.74 Å². The minimum Gasteiger partial charge on any atom is -0.494 e. The van der Waals surface area contributed by atoms with Gasteiger partial charge in [-0.25, -0.2) is 0 Å². The van der Waals surface area contributed by atoms with Crippen LogP contribution in [-0.2, 0) is 0 Å². The fourth-order valence-electron chi connectivity index (χ4n) is 4.20. The largest absolute Gasteiger partial charge is 0.494 e. The Hall–Kier alpha value is -2.56. The van der Waals surface area contributed by atoms with E-state index in [2.05, 4.69) is 64.0 Å². The number of unbranched alkanes of at least 4 members (excludes halogenated alkanes) is 12. The van der Waals surface area contributed by atoms with Gasteiger partial charge in [0.1, 0.15) is 5.75 Å². The van der Waals surface area contributed by atoms with Gasteiger partial charge < -0.3 is 4.74 Å². The van der Waals surface area contributed by atoms with Crippen molar-refractivity contribution in [3.8, 4) is 16.9 Å². The van der Waals surface area contributed by atoms with Gasteiger partial charge in [-0.1, -0.05) is 120 Å². The number of hydrogen-bond acceptors (Lipinski definition) is 5. The van der Waals surface area contributed by atoms with Crippen molar-refractivity contribution in [3.63, 3.8) is 0 Å². The lowest BCUT2D eigenvalue weighted by Gasteiger charge is -2.08. The fourth-order valence-corrected chi connectivity index (χ4v) is 4.20. The summed E-state index contributed by atoms with van der Waals surface area (Å²) in [5, 5.41) is 15.1. The molecule has 0 spiro atoms. The first-order valence-corrected chi connectivity index (χ1v) is 13.0. The van der Waals surface area contributed by atoms with Crippen LogP contribution in [0.4, 0.5) is 0 Å². The van der Waals surface area contributed by atoms with Crippen LogP contribution >= 0.6 is 0 Å². The van der Waals surface area contributed by atoms with Gasteiger partial charge in [-0.05, 0) is 40.1 Å². The van der Waals surface area contributed by atoms with E-state index in [1.165, 1.54) is 82.6 Å². The molecule has 0 fully saturated rings. The van der Waals surface area contributed by atoms with E-state index in [0.717, 1.165) is 29.9 Å². The number of benzene rings is 2. The number of nitrogens with zero attached hydrogens (tertiary/aromatic N) is 4. The lowest BCUT2D eigenvalue weighted by atomic mass is 10.0. The summed E-state index contributed by atoms with van der Waals surface area (Å²) in [5.74, 6) is 0.945. The van der Waals surface area contributed by atoms with E-state index in [9.17, 15) is 0 Å². The van der Waals surface area contributed by atoms with Crippen LogP contribution in [-0.4, -0.2) is 6.61 Å². The van der Waals surface area contributed by atoms with Crippen LogP contribution in [0.5, 0.6) is 5.75 Å². The average molecular weight is 449 g/mol. The molecule has 0 unspecified atom stereocenters. The molecular weight excluding hydrogens is 408 g/mol. The topological polar surface area (TPSA) is 58.7 Å². The average Bonchev–Trinajstić information content (AvgIpc) is 3.40. The van der Waals surface area contributed by atoms with Gasteiger partial charge in [0.15, 0.2) is 0 Å². The van der Waals surface area contributed by atoms with Crippen molar-refractivity contribution >= 4 is 0 Å². The fraction of sp³-hybridized carbons (Fsp3) is 0.571. The van der Waals surface area contributed by atoms with Crippen molar-refractivity contribution in [1.29, 1.82) is 0 Å². The Balaban J connectivity index is 1.21. The van der Waals surface area contributed by atoms with E-state index in [1.54, 1.807) is 0 Å². The Kier molecular flexibility index (Phi) is 11.6. The molecule has 0 amide bonds. The summed E-state index contributed by atoms with van der Waals surface area (Å²) in [5.41, 5.74) is 3.33. The smallest absolute Gasteiger partial charge is 0.210 e. The zero-order valence-electron chi connectivity index (χ0n) is 20.3. The lowest BCUT2D eigenvalue weighted by molar-refractivity contribution is 0.304. The van der Waals surface area contributed by atoms with Crippen molar-refractivity contribution < 1.29 is 4.74 Å². The summed E-state index contributed by atoms with van der Waals surface area (Å²) < 4.78 is 5.94. The molecular formula is C28H40N4O. The third-order valence-corrected chi connectivity index (χ3v) is 6.28. The molecule has 0 N–H and O–H groups in total. The molecule has 5 heteroatoms. The van der Waals surface area contributed by atoms with Crippen LogP contribution < -0.4 is 4.74 Å². The number of rotatable bonds is 17. The predicted molar refractivity (Wildman–Crippen MR) is 136 cm³/mol. The van der Waals surface area contributed by atoms with Crippen molar-refractivity contribution in [2.45, 2.75) is 96.6 Å². The summed E-state index contributed by atoms with van der Waals surface area (Å²) in [6.45, 7) is 3.08. The maximum absolute atomic E-state index is 5.94. The highest BCUT2D eigenvalue weighted by Crippen LogP contribution is 2.28. The Labute approximate surface area is 199 Å². The summed E-state index contributed by atoms with van der Waals surface area (Å²) in [4.78, 5) is 0. The molecule has 2 aromatic rings. The maximum Gasteiger partial charge on any atom is 0.210 e. The molecule has 0 saturated carbocycles. The molecule has 0 aromatic heterocycles. The zero-order valence-corrected chi connectivity index (χ0v) is 20.3. The number of ether oxygens (including phenoxy) is 1. The molecule has 178 valence electrons. The van der Waals surface area contributed by atoms with Gasteiger partial charge in [0.2, 0.25) is 6.17 Å². The van der Waals surface area contributed by atoms with Crippen LogP contribution in [0.2, 0.25) is 0 Å². The lowest BCUT2D eigenvalue weighted by Crippen LogP contribution is -1.97. The molecule has 0 aliphatic carbocycles. The van der Waals surface area contributed by atoms with Gasteiger partial charge in [0, 0.05) is 5.56 Å². The third kappa shape index (κ3) is 9.45. The van der Waals surface area contributed by atoms with E-state index in [-0.39, 0.29) is 6.17 Å². The summed E-state index contributed by atoms with van der Waals surface area (Å²) in [6, 6.07) is 16.6. The molecule has 0 saturated heterocycles. The van der Waals surface area contributed by atoms with Gasteiger partial charge in [0.05, 0.1) is 6.61 Å². The van der Waals surface area contributed by atoms with Crippen LogP contribution in [0.3, 0.4) is 0 Å². The standard InChI is InChI=1S/C28H40N4O/c1-2-3-4-5-6-7-8-9-10-11-12-13-14-23-33-27-21-19-25(20-22-27)24-15-17-26(18-16-24)28-29-31-32-30-28/h15-22,28H,2-14,23H2,1H3. The molecule has 1 heterocycles. The molecule has 1 aliphatic rings. The van der Waals surface area contributed by atoms with Crippen LogP contribution in [0.15, 0.2) is 69.2 Å². The van der Waals surface area contributed by atoms with E-state index >= 15 is 0 Å². The summed E-state index contributed by atoms with van der Waals surface area (Å²) in [7, 11) is 0. The highest BCUT2D eigenvalue weighted by Gasteiger charge is 2.12. The van der Waals surface area contributed by atoms with Crippen LogP contribution in [0, 0.1) is 0 Å². The second kappa shape index (κ2) is 15.3. The minimum absolute atomic E-state index is 0.292. The van der Waals surface area contributed by atoms with Crippen molar-refractivity contribution in [2.75, 3.05) is 6.61 Å². The Morgan fingerprint density at radius 2 is 1.03 bits per heavy atom. The first kappa shape index (κ1) is 25.1. The molecule has 0 radical (unpaired) electrons. The normalized spacial score (nSPS) is 13.1. The van der Waals surface area contributed by atoms with Gasteiger partial charge in [-0.15, -0.1) is 10.2 Å². The second-order valence-corrected chi connectivity index (χ2v) is 9.02. The minimum atomic E-state index is -0.292. The second-order valence-electron chi connectivity index (χ2n) is 9.02. The van der Waals surface area contributed by atoms with Crippen molar-refractivity contribution in [1.82, 2.24) is 0 Å². The summed E-state index contributed by atoms with van der Waals surface area (Å²) >= 11 is 0. The van der Waals surface area contributed by atoms with Crippen molar-refractivity contribution in [3.05, 3.63) is 54.1 Å². The molecule has 1 aliphatic heterocycles. The quantitative estimate of drug-likeness (QED) is 0.222. The van der Waals surface area contributed by atoms with E-state index in [0.29, 0.717) is 0 Å². The van der Waals surface area contributed by atoms with E-state index < -0.39 is 0 Å². The van der Waals surface area contributed by atoms with Crippen molar-refractivity contribution in [2.24, 2.45) is 20.7 Å². The van der Waals surface area contributed by atoms with E-state index in [1.807, 2.05) is 12.1 Å². The third-order valence-electron chi connectivity index (χ3n) is 6.28. The van der Waals surface area contributed by atoms with Crippen LogP contribution in [0.25, 0.3) is 11.1 Å². The van der Waals surface area contributed by atoms with Gasteiger partial charge in [-0.2, -0.15) is 0 Å². The van der Waals surface area contributed by atoms with Gasteiger partial charge >= 0.3 is 0 Å². The van der Waals surface area contributed by atoms with Crippen LogP contribution in [0.1, 0.15) is 102 Å². The Morgan fingerprint density at radius 1 is 0.576 bits per heavy atom. The summed E-state index contributed by atoms with van der Waals surface area (Å²) in [6.07, 6.45) is 17.5. The highest BCUT2D eigenvalue weighted by atomic mass is 16.5. The maximum atomic E-state index is 5.94. The Morgan fingerprint density at radius 3 is 1.55 bits per heavy atom. The monoisotopic (exact) mass is 448 g/mol. The highest BCUT2D eigenvalue weighted by molar-refractivity contribution is 5.64. The Bertz CT molecular complexity index is 818. The predicted octanol–water partition coefficient (Wildman–Crippen LogP) is 9.66. The zero-order chi connectivity index (χ0) is 23.0. The molecule has 5 nitrogen and oxygen atoms in total. The molecule has 0 bridgehead atoms. The van der Waals surface area contributed by atoms with Gasteiger partial charge in [0.25, 0.3) is 0 Å². The first-order valence-electron chi connectivity index (χ1n) is 13.0. The molecule has 0 atom stereocenters.